The summed E-state index contributed by atoms with van der Waals surface area (Å²) < 4.78 is 2.56. The van der Waals surface area contributed by atoms with Gasteiger partial charge in [-0.1, -0.05) is 27.7 Å². The van der Waals surface area contributed by atoms with Gasteiger partial charge in [0.1, 0.15) is 5.78 Å². The van der Waals surface area contributed by atoms with E-state index in [0.717, 1.165) is 21.8 Å². The topological polar surface area (TPSA) is 52.0 Å². The van der Waals surface area contributed by atoms with Crippen LogP contribution < -0.4 is 5.56 Å². The van der Waals surface area contributed by atoms with Gasteiger partial charge in [0.05, 0.1) is 10.9 Å². The first-order valence-electron chi connectivity index (χ1n) is 6.85. The van der Waals surface area contributed by atoms with Crippen LogP contribution in [0.3, 0.4) is 0 Å². The van der Waals surface area contributed by atoms with Crippen LogP contribution in [0.5, 0.6) is 0 Å². The van der Waals surface area contributed by atoms with Crippen molar-refractivity contribution in [1.29, 1.82) is 0 Å². The smallest absolute Gasteiger partial charge is 0.262 e. The Bertz CT molecular complexity index is 727. The number of ketones is 1. The van der Waals surface area contributed by atoms with Crippen molar-refractivity contribution in [2.75, 3.05) is 5.75 Å². The second-order valence-electron chi connectivity index (χ2n) is 4.76. The highest BCUT2D eigenvalue weighted by Gasteiger charge is 2.10. The van der Waals surface area contributed by atoms with Crippen LogP contribution in [0, 0.1) is 0 Å². The van der Waals surface area contributed by atoms with E-state index < -0.39 is 0 Å². The molecule has 1 aromatic heterocycles. The second kappa shape index (κ2) is 7.22. The molecule has 6 heteroatoms. The molecule has 0 aliphatic carbocycles. The van der Waals surface area contributed by atoms with E-state index in [1.54, 1.807) is 17.6 Å². The zero-order valence-electron chi connectivity index (χ0n) is 12.1. The van der Waals surface area contributed by atoms with Crippen molar-refractivity contribution in [3.63, 3.8) is 0 Å². The molecule has 0 saturated heterocycles. The number of aromatic nitrogens is 2. The van der Waals surface area contributed by atoms with Gasteiger partial charge in [-0.05, 0) is 38.5 Å². The third-order valence-electron chi connectivity index (χ3n) is 3.10. The van der Waals surface area contributed by atoms with Crippen LogP contribution in [-0.4, -0.2) is 21.1 Å². The van der Waals surface area contributed by atoms with Gasteiger partial charge in [-0.15, -0.1) is 0 Å². The first kappa shape index (κ1) is 16.2. The molecule has 1 aromatic carbocycles. The number of carbonyl (C=O) groups excluding carboxylic acids is 1. The number of thioether (sulfide) groups is 1. The van der Waals surface area contributed by atoms with Crippen molar-refractivity contribution in [1.82, 2.24) is 9.55 Å². The lowest BCUT2D eigenvalue weighted by molar-refractivity contribution is -0.117. The van der Waals surface area contributed by atoms with E-state index in [1.807, 2.05) is 19.1 Å². The zero-order chi connectivity index (χ0) is 15.4. The Morgan fingerprint density at radius 1 is 1.43 bits per heavy atom. The van der Waals surface area contributed by atoms with Gasteiger partial charge in [0.2, 0.25) is 0 Å². The summed E-state index contributed by atoms with van der Waals surface area (Å²) in [6.07, 6.45) is 1.38. The number of benzene rings is 1. The summed E-state index contributed by atoms with van der Waals surface area (Å²) in [4.78, 5) is 28.0. The minimum Gasteiger partial charge on any atom is -0.300 e. The zero-order valence-corrected chi connectivity index (χ0v) is 14.5. The summed E-state index contributed by atoms with van der Waals surface area (Å²) in [7, 11) is 0. The SMILES string of the molecule is CCn1c(SCCCC(C)=O)nc2ccc(Br)cc2c1=O. The van der Waals surface area contributed by atoms with Crippen LogP contribution in [-0.2, 0) is 11.3 Å². The fourth-order valence-electron chi connectivity index (χ4n) is 2.05. The average molecular weight is 369 g/mol. The van der Waals surface area contributed by atoms with Crippen molar-refractivity contribution in [2.45, 2.75) is 38.4 Å². The summed E-state index contributed by atoms with van der Waals surface area (Å²) >= 11 is 4.92. The second-order valence-corrected chi connectivity index (χ2v) is 6.74. The van der Waals surface area contributed by atoms with Gasteiger partial charge in [-0.2, -0.15) is 0 Å². The lowest BCUT2D eigenvalue weighted by Gasteiger charge is -2.11. The largest absolute Gasteiger partial charge is 0.300 e. The Labute approximate surface area is 136 Å². The molecular weight excluding hydrogens is 352 g/mol. The number of halogens is 1. The van der Waals surface area contributed by atoms with Gasteiger partial charge in [0.15, 0.2) is 5.16 Å². The van der Waals surface area contributed by atoms with Crippen LogP contribution in [0.2, 0.25) is 0 Å². The summed E-state index contributed by atoms with van der Waals surface area (Å²) in [5.74, 6) is 0.980. The number of carbonyl (C=O) groups is 1. The van der Waals surface area contributed by atoms with Gasteiger partial charge in [-0.3, -0.25) is 9.36 Å². The summed E-state index contributed by atoms with van der Waals surface area (Å²) in [5, 5.41) is 1.35. The van der Waals surface area contributed by atoms with Crippen molar-refractivity contribution in [3.05, 3.63) is 33.0 Å². The first-order chi connectivity index (χ1) is 10.0. The molecule has 0 radical (unpaired) electrons. The molecule has 1 heterocycles. The number of hydrogen-bond donors (Lipinski definition) is 0. The summed E-state index contributed by atoms with van der Waals surface area (Å²) in [5.41, 5.74) is 0.694. The van der Waals surface area contributed by atoms with Gasteiger partial charge in [-0.25, -0.2) is 4.98 Å². The highest BCUT2D eigenvalue weighted by Crippen LogP contribution is 2.21. The fourth-order valence-corrected chi connectivity index (χ4v) is 3.41. The molecule has 2 aromatic rings. The molecule has 0 fully saturated rings. The van der Waals surface area contributed by atoms with E-state index in [0.29, 0.717) is 23.9 Å². The van der Waals surface area contributed by atoms with Crippen molar-refractivity contribution >= 4 is 44.4 Å². The monoisotopic (exact) mass is 368 g/mol. The predicted octanol–water partition coefficient (Wildman–Crippen LogP) is 3.64. The molecular formula is C15H17BrN2O2S. The van der Waals surface area contributed by atoms with E-state index in [1.165, 1.54) is 11.8 Å². The van der Waals surface area contributed by atoms with Crippen molar-refractivity contribution < 1.29 is 4.79 Å². The maximum Gasteiger partial charge on any atom is 0.262 e. The molecule has 0 spiro atoms. The highest BCUT2D eigenvalue weighted by molar-refractivity contribution is 9.10. The van der Waals surface area contributed by atoms with E-state index >= 15 is 0 Å². The van der Waals surface area contributed by atoms with E-state index in [2.05, 4.69) is 20.9 Å². The molecule has 2 rings (SSSR count). The fraction of sp³-hybridized carbons (Fsp3) is 0.400. The van der Waals surface area contributed by atoms with Crippen molar-refractivity contribution in [2.24, 2.45) is 0 Å². The maximum absolute atomic E-state index is 12.5. The average Bonchev–Trinajstić information content (AvgIpc) is 2.44. The predicted molar refractivity (Wildman–Crippen MR) is 90.0 cm³/mol. The Hall–Kier alpha value is -1.14. The van der Waals surface area contributed by atoms with E-state index in [-0.39, 0.29) is 11.3 Å². The van der Waals surface area contributed by atoms with Gasteiger partial charge in [0.25, 0.3) is 5.56 Å². The molecule has 0 N–H and O–H groups in total. The molecule has 0 aliphatic heterocycles. The summed E-state index contributed by atoms with van der Waals surface area (Å²) in [6, 6.07) is 5.54. The number of rotatable bonds is 6. The molecule has 112 valence electrons. The number of hydrogen-bond acceptors (Lipinski definition) is 4. The number of nitrogens with zero attached hydrogens (tertiary/aromatic N) is 2. The van der Waals surface area contributed by atoms with Crippen LogP contribution in [0.15, 0.2) is 32.6 Å². The lowest BCUT2D eigenvalue weighted by Crippen LogP contribution is -2.22. The molecule has 21 heavy (non-hydrogen) atoms. The molecule has 0 unspecified atom stereocenters. The molecule has 0 amide bonds. The Morgan fingerprint density at radius 2 is 2.19 bits per heavy atom. The Kier molecular flexibility index (Phi) is 5.58. The molecule has 0 bridgehead atoms. The Morgan fingerprint density at radius 3 is 2.86 bits per heavy atom. The minimum absolute atomic E-state index is 0.0159. The Balaban J connectivity index is 2.32. The molecule has 0 aliphatic rings. The quantitative estimate of drug-likeness (QED) is 0.443. The van der Waals surface area contributed by atoms with E-state index in [4.69, 9.17) is 0 Å². The normalized spacial score (nSPS) is 11.0. The highest BCUT2D eigenvalue weighted by atomic mass is 79.9. The van der Waals surface area contributed by atoms with Gasteiger partial charge >= 0.3 is 0 Å². The van der Waals surface area contributed by atoms with Crippen molar-refractivity contribution in [3.8, 4) is 0 Å². The van der Waals surface area contributed by atoms with Crippen LogP contribution in [0.25, 0.3) is 10.9 Å². The number of fused-ring (bicyclic) bond motifs is 1. The summed E-state index contributed by atoms with van der Waals surface area (Å²) in [6.45, 7) is 4.12. The van der Waals surface area contributed by atoms with Crippen LogP contribution in [0.4, 0.5) is 0 Å². The maximum atomic E-state index is 12.5. The minimum atomic E-state index is -0.0159. The number of Topliss-reactive ketones (excluding diaryl/α,β-unsaturated/α-hetero) is 1. The lowest BCUT2D eigenvalue weighted by atomic mass is 10.2. The van der Waals surface area contributed by atoms with Gasteiger partial charge in [0, 0.05) is 23.2 Å². The molecule has 0 atom stereocenters. The van der Waals surface area contributed by atoms with Crippen LogP contribution >= 0.6 is 27.7 Å². The molecule has 0 saturated carbocycles. The first-order valence-corrected chi connectivity index (χ1v) is 8.63. The van der Waals surface area contributed by atoms with E-state index in [9.17, 15) is 9.59 Å². The molecule has 4 nitrogen and oxygen atoms in total. The van der Waals surface area contributed by atoms with Gasteiger partial charge < -0.3 is 4.79 Å². The third kappa shape index (κ3) is 3.95. The third-order valence-corrected chi connectivity index (χ3v) is 4.66. The standard InChI is InChI=1S/C15H17BrN2O2S/c1-3-18-14(20)12-9-11(16)6-7-13(12)17-15(18)21-8-4-5-10(2)19/h6-7,9H,3-5,8H2,1-2H3. The van der Waals surface area contributed by atoms with Crippen LogP contribution in [0.1, 0.15) is 26.7 Å².